The van der Waals surface area contributed by atoms with E-state index in [0.717, 1.165) is 20.9 Å². The van der Waals surface area contributed by atoms with Gasteiger partial charge in [-0.1, -0.05) is 15.9 Å². The van der Waals surface area contributed by atoms with Gasteiger partial charge in [0, 0.05) is 9.86 Å². The molecular formula is C9H6BrN3. The number of fused-ring (bicyclic) bond motifs is 1. The lowest BCUT2D eigenvalue weighted by Gasteiger charge is -1.98. The van der Waals surface area contributed by atoms with Gasteiger partial charge in [0.05, 0.1) is 24.2 Å². The fourth-order valence-corrected chi connectivity index (χ4v) is 1.84. The van der Waals surface area contributed by atoms with Crippen molar-refractivity contribution in [3.63, 3.8) is 0 Å². The van der Waals surface area contributed by atoms with E-state index in [1.807, 2.05) is 12.1 Å². The summed E-state index contributed by atoms with van der Waals surface area (Å²) in [6.07, 6.45) is 2.15. The van der Waals surface area contributed by atoms with Gasteiger partial charge in [-0.15, -0.1) is 0 Å². The third-order valence-corrected chi connectivity index (χ3v) is 2.32. The van der Waals surface area contributed by atoms with Crippen molar-refractivity contribution in [2.45, 2.75) is 6.42 Å². The Hall–Kier alpha value is -1.34. The molecule has 3 nitrogen and oxygen atoms in total. The summed E-state index contributed by atoms with van der Waals surface area (Å²) in [7, 11) is 0. The van der Waals surface area contributed by atoms with Crippen molar-refractivity contribution >= 4 is 26.8 Å². The highest BCUT2D eigenvalue weighted by Gasteiger charge is 2.03. The van der Waals surface area contributed by atoms with E-state index < -0.39 is 0 Å². The van der Waals surface area contributed by atoms with E-state index >= 15 is 0 Å². The Kier molecular flexibility index (Phi) is 2.03. The first-order valence-corrected chi connectivity index (χ1v) is 4.59. The number of hydrogen-bond donors (Lipinski definition) is 1. The number of nitriles is 1. The summed E-state index contributed by atoms with van der Waals surface area (Å²) in [6.45, 7) is 0. The predicted molar refractivity (Wildman–Crippen MR) is 53.1 cm³/mol. The van der Waals surface area contributed by atoms with Crippen molar-refractivity contribution < 1.29 is 0 Å². The molecule has 0 unspecified atom stereocenters. The van der Waals surface area contributed by atoms with Gasteiger partial charge < -0.3 is 0 Å². The zero-order valence-corrected chi connectivity index (χ0v) is 8.30. The van der Waals surface area contributed by atoms with Crippen LogP contribution in [0.25, 0.3) is 10.9 Å². The van der Waals surface area contributed by atoms with Gasteiger partial charge in [-0.05, 0) is 17.7 Å². The normalized spacial score (nSPS) is 10.2. The van der Waals surface area contributed by atoms with Crippen LogP contribution in [0, 0.1) is 11.3 Å². The zero-order valence-electron chi connectivity index (χ0n) is 6.71. The highest BCUT2D eigenvalue weighted by molar-refractivity contribution is 9.10. The van der Waals surface area contributed by atoms with E-state index in [1.54, 1.807) is 6.20 Å². The Morgan fingerprint density at radius 2 is 2.38 bits per heavy atom. The van der Waals surface area contributed by atoms with Crippen molar-refractivity contribution in [1.82, 2.24) is 10.2 Å². The fraction of sp³-hybridized carbons (Fsp3) is 0.111. The summed E-state index contributed by atoms with van der Waals surface area (Å²) in [6, 6.07) is 6.03. The maximum absolute atomic E-state index is 8.61. The third kappa shape index (κ3) is 1.43. The number of H-pyrrole nitrogens is 1. The molecule has 0 aliphatic carbocycles. The van der Waals surface area contributed by atoms with E-state index in [-0.39, 0.29) is 0 Å². The van der Waals surface area contributed by atoms with Crippen LogP contribution in [-0.2, 0) is 6.42 Å². The Bertz CT molecular complexity index is 481. The molecule has 2 aromatic rings. The van der Waals surface area contributed by atoms with Gasteiger partial charge in [0.1, 0.15) is 0 Å². The molecule has 0 amide bonds. The first-order valence-electron chi connectivity index (χ1n) is 3.79. The van der Waals surface area contributed by atoms with Crippen LogP contribution in [0.15, 0.2) is 22.8 Å². The maximum Gasteiger partial charge on any atom is 0.0693 e. The molecule has 0 saturated heterocycles. The van der Waals surface area contributed by atoms with Crippen LogP contribution in [0.4, 0.5) is 0 Å². The van der Waals surface area contributed by atoms with E-state index in [9.17, 15) is 0 Å². The molecule has 0 aliphatic rings. The topological polar surface area (TPSA) is 52.5 Å². The molecule has 0 atom stereocenters. The average Bonchev–Trinajstić information content (AvgIpc) is 2.52. The van der Waals surface area contributed by atoms with Gasteiger partial charge in [0.2, 0.25) is 0 Å². The lowest BCUT2D eigenvalue weighted by Crippen LogP contribution is -1.84. The Morgan fingerprint density at radius 1 is 1.54 bits per heavy atom. The molecular weight excluding hydrogens is 230 g/mol. The van der Waals surface area contributed by atoms with E-state index in [4.69, 9.17) is 5.26 Å². The minimum absolute atomic E-state index is 0.401. The zero-order chi connectivity index (χ0) is 9.26. The number of halogens is 1. The van der Waals surface area contributed by atoms with Crippen LogP contribution >= 0.6 is 15.9 Å². The number of benzene rings is 1. The number of hydrogen-bond acceptors (Lipinski definition) is 2. The van der Waals surface area contributed by atoms with Gasteiger partial charge in [-0.3, -0.25) is 5.10 Å². The molecule has 13 heavy (non-hydrogen) atoms. The summed E-state index contributed by atoms with van der Waals surface area (Å²) < 4.78 is 0.978. The van der Waals surface area contributed by atoms with Crippen LogP contribution in [-0.4, -0.2) is 10.2 Å². The van der Waals surface area contributed by atoms with Crippen molar-refractivity contribution in [3.05, 3.63) is 28.4 Å². The Labute approximate surface area is 83.5 Å². The highest BCUT2D eigenvalue weighted by Crippen LogP contribution is 2.22. The lowest BCUT2D eigenvalue weighted by molar-refractivity contribution is 1.11. The quantitative estimate of drug-likeness (QED) is 0.826. The van der Waals surface area contributed by atoms with Crippen LogP contribution in [0.2, 0.25) is 0 Å². The average molecular weight is 236 g/mol. The monoisotopic (exact) mass is 235 g/mol. The third-order valence-electron chi connectivity index (χ3n) is 1.86. The van der Waals surface area contributed by atoms with Crippen molar-refractivity contribution in [2.75, 3.05) is 0 Å². The second-order valence-electron chi connectivity index (χ2n) is 2.73. The number of aromatic nitrogens is 2. The summed E-state index contributed by atoms with van der Waals surface area (Å²) in [5.74, 6) is 0. The Balaban J connectivity index is 2.71. The summed E-state index contributed by atoms with van der Waals surface area (Å²) >= 11 is 3.39. The standard InChI is InChI=1S/C9H6BrN3/c10-8-3-6(1-2-11)9-7(4-8)5-12-13-9/h3-5H,1H2,(H,12,13). The van der Waals surface area contributed by atoms with E-state index in [2.05, 4.69) is 32.2 Å². The SMILES string of the molecule is N#CCc1cc(Br)cc2cn[nH]c12. The molecule has 0 aliphatic heterocycles. The van der Waals surface area contributed by atoms with Gasteiger partial charge in [-0.25, -0.2) is 0 Å². The van der Waals surface area contributed by atoms with Gasteiger partial charge in [-0.2, -0.15) is 10.4 Å². The van der Waals surface area contributed by atoms with Gasteiger partial charge in [0.15, 0.2) is 0 Å². The second-order valence-corrected chi connectivity index (χ2v) is 3.65. The molecule has 0 radical (unpaired) electrons. The minimum Gasteiger partial charge on any atom is -0.278 e. The smallest absolute Gasteiger partial charge is 0.0693 e. The van der Waals surface area contributed by atoms with Crippen LogP contribution in [0.3, 0.4) is 0 Å². The number of nitrogens with one attached hydrogen (secondary N) is 1. The maximum atomic E-state index is 8.61. The molecule has 0 bridgehead atoms. The molecule has 0 saturated carbocycles. The summed E-state index contributed by atoms with van der Waals surface area (Å²) in [5, 5.41) is 16.4. The van der Waals surface area contributed by atoms with E-state index in [1.165, 1.54) is 0 Å². The summed E-state index contributed by atoms with van der Waals surface area (Å²) in [5.41, 5.74) is 1.93. The fourth-order valence-electron chi connectivity index (χ4n) is 1.32. The first kappa shape index (κ1) is 8.27. The molecule has 0 fully saturated rings. The molecule has 1 heterocycles. The molecule has 1 aromatic carbocycles. The van der Waals surface area contributed by atoms with Crippen LogP contribution in [0.5, 0.6) is 0 Å². The van der Waals surface area contributed by atoms with Gasteiger partial charge in [0.25, 0.3) is 0 Å². The number of aromatic amines is 1. The summed E-state index contributed by atoms with van der Waals surface area (Å²) in [4.78, 5) is 0. The lowest BCUT2D eigenvalue weighted by atomic mass is 10.1. The first-order chi connectivity index (χ1) is 6.31. The molecule has 4 heteroatoms. The largest absolute Gasteiger partial charge is 0.278 e. The van der Waals surface area contributed by atoms with Crippen LogP contribution < -0.4 is 0 Å². The van der Waals surface area contributed by atoms with E-state index in [0.29, 0.717) is 6.42 Å². The highest BCUT2D eigenvalue weighted by atomic mass is 79.9. The second kappa shape index (κ2) is 3.19. The molecule has 2 rings (SSSR count). The molecule has 1 aromatic heterocycles. The number of rotatable bonds is 1. The van der Waals surface area contributed by atoms with Crippen molar-refractivity contribution in [1.29, 1.82) is 5.26 Å². The minimum atomic E-state index is 0.401. The number of nitrogens with zero attached hydrogens (tertiary/aromatic N) is 2. The van der Waals surface area contributed by atoms with Crippen molar-refractivity contribution in [3.8, 4) is 6.07 Å². The van der Waals surface area contributed by atoms with Crippen LogP contribution in [0.1, 0.15) is 5.56 Å². The Morgan fingerprint density at radius 3 is 3.15 bits per heavy atom. The van der Waals surface area contributed by atoms with Crippen molar-refractivity contribution in [2.24, 2.45) is 0 Å². The molecule has 64 valence electrons. The predicted octanol–water partition coefficient (Wildman–Crippen LogP) is 2.39. The molecule has 0 spiro atoms. The van der Waals surface area contributed by atoms with Gasteiger partial charge >= 0.3 is 0 Å². The molecule has 1 N–H and O–H groups in total.